The molecule has 3 aliphatic heterocycles. The van der Waals surface area contributed by atoms with Gasteiger partial charge in [-0.25, -0.2) is 13.1 Å². The lowest BCUT2D eigenvalue weighted by Crippen LogP contribution is -2.63. The zero-order valence-electron chi connectivity index (χ0n) is 28.4. The molecule has 7 rings (SSSR count). The number of benzene rings is 2. The molecule has 1 saturated carbocycles. The van der Waals surface area contributed by atoms with E-state index in [-0.39, 0.29) is 34.6 Å². The van der Waals surface area contributed by atoms with Gasteiger partial charge in [-0.15, -0.1) is 0 Å². The van der Waals surface area contributed by atoms with E-state index in [0.29, 0.717) is 62.1 Å². The highest BCUT2D eigenvalue weighted by Crippen LogP contribution is 2.49. The molecule has 2 bridgehead atoms. The number of halogens is 1. The van der Waals surface area contributed by atoms with Gasteiger partial charge in [0.15, 0.2) is 6.10 Å². The van der Waals surface area contributed by atoms with Crippen LogP contribution in [0.3, 0.4) is 0 Å². The van der Waals surface area contributed by atoms with E-state index in [0.717, 1.165) is 25.7 Å². The zero-order chi connectivity index (χ0) is 34.7. The molecule has 2 aromatic carbocycles. The maximum absolute atomic E-state index is 13.5. The molecule has 0 aromatic heterocycles. The van der Waals surface area contributed by atoms with E-state index in [1.807, 2.05) is 12.1 Å². The van der Waals surface area contributed by atoms with Gasteiger partial charge in [-0.3, -0.25) is 9.59 Å². The second-order valence-corrected chi connectivity index (χ2v) is 17.4. The number of aliphatic hydroxyl groups is 1. The number of hydrogen-bond donors (Lipinski definition) is 2. The van der Waals surface area contributed by atoms with Crippen molar-refractivity contribution in [3.05, 3.63) is 70.3 Å². The Labute approximate surface area is 293 Å². The Kier molecular flexibility index (Phi) is 9.03. The Morgan fingerprint density at radius 1 is 1.10 bits per heavy atom. The fourth-order valence-corrected chi connectivity index (χ4v) is 10.1. The van der Waals surface area contributed by atoms with Crippen molar-refractivity contribution in [2.24, 2.45) is 17.8 Å². The standard InChI is InChI=1S/C37H46ClN3O7S/c1-23-6-4-15-37(44,33-35(43)40(3)16-17-47-33)30-11-8-27(30)20-41-21-36(14-5-7-25-18-28(38)10-12-29(25)36)22-48-32-13-9-26(19-31(32)41)34(42)39-49(45,46)24(23)2/h4,9-10,12-13,15,18-19,23-24,27,30,33,44H,5-8,11,14,16-17,20-22H2,1-3H3,(H,39,42)/b15-4-/t23-,24+,27-,30+,33-,36-,37-/m0/s1. The average molecular weight is 712 g/mol. The summed E-state index contributed by atoms with van der Waals surface area (Å²) in [6.45, 7) is 5.70. The lowest BCUT2D eigenvalue weighted by molar-refractivity contribution is -0.185. The lowest BCUT2D eigenvalue weighted by Gasteiger charge is -2.51. The third-order valence-electron chi connectivity index (χ3n) is 11.9. The Hall–Kier alpha value is -3.12. The highest BCUT2D eigenvalue weighted by molar-refractivity contribution is 7.90. The quantitative estimate of drug-likeness (QED) is 0.416. The van der Waals surface area contributed by atoms with Gasteiger partial charge in [0.1, 0.15) is 11.4 Å². The number of amides is 2. The number of anilines is 1. The minimum Gasteiger partial charge on any atom is -0.490 e. The molecule has 3 heterocycles. The van der Waals surface area contributed by atoms with E-state index >= 15 is 0 Å². The van der Waals surface area contributed by atoms with E-state index < -0.39 is 32.9 Å². The van der Waals surface area contributed by atoms with Gasteiger partial charge in [0.2, 0.25) is 10.0 Å². The number of fused-ring (bicyclic) bond motifs is 4. The molecule has 1 saturated heterocycles. The van der Waals surface area contributed by atoms with Crippen LogP contribution in [-0.2, 0) is 31.4 Å². The van der Waals surface area contributed by atoms with Gasteiger partial charge < -0.3 is 24.4 Å². The van der Waals surface area contributed by atoms with Crippen molar-refractivity contribution in [2.75, 3.05) is 44.8 Å². The van der Waals surface area contributed by atoms with Gasteiger partial charge in [-0.05, 0) is 105 Å². The van der Waals surface area contributed by atoms with Crippen LogP contribution in [0.5, 0.6) is 5.75 Å². The second kappa shape index (κ2) is 12.9. The van der Waals surface area contributed by atoms with E-state index in [1.165, 1.54) is 11.1 Å². The predicted octanol–water partition coefficient (Wildman–Crippen LogP) is 4.47. The molecular formula is C37H46ClN3O7S. The van der Waals surface area contributed by atoms with Crippen LogP contribution in [0.1, 0.15) is 67.4 Å². The van der Waals surface area contributed by atoms with E-state index in [1.54, 1.807) is 56.1 Å². The van der Waals surface area contributed by atoms with Crippen LogP contribution < -0.4 is 14.4 Å². The Morgan fingerprint density at radius 3 is 2.69 bits per heavy atom. The van der Waals surface area contributed by atoms with E-state index in [9.17, 15) is 23.1 Å². The number of nitrogens with one attached hydrogen (secondary N) is 1. The first kappa shape index (κ1) is 34.3. The molecule has 2 aromatic rings. The molecule has 1 spiro atoms. The van der Waals surface area contributed by atoms with Gasteiger partial charge >= 0.3 is 0 Å². The molecule has 264 valence electrons. The van der Waals surface area contributed by atoms with Crippen LogP contribution in [-0.4, -0.2) is 87.1 Å². The largest absolute Gasteiger partial charge is 0.490 e. The molecule has 12 heteroatoms. The summed E-state index contributed by atoms with van der Waals surface area (Å²) in [5, 5.41) is 12.4. The van der Waals surface area contributed by atoms with Crippen molar-refractivity contribution < 1.29 is 32.6 Å². The van der Waals surface area contributed by atoms with Crippen LogP contribution in [0, 0.1) is 17.8 Å². The molecule has 5 aliphatic rings. The first-order chi connectivity index (χ1) is 23.3. The van der Waals surface area contributed by atoms with Crippen LogP contribution in [0.25, 0.3) is 0 Å². The maximum atomic E-state index is 13.5. The van der Waals surface area contributed by atoms with Gasteiger partial charge in [0, 0.05) is 42.7 Å². The van der Waals surface area contributed by atoms with Gasteiger partial charge in [-0.1, -0.05) is 36.7 Å². The first-order valence-corrected chi connectivity index (χ1v) is 19.4. The summed E-state index contributed by atoms with van der Waals surface area (Å²) >= 11 is 6.44. The van der Waals surface area contributed by atoms with Crippen LogP contribution >= 0.6 is 11.6 Å². The summed E-state index contributed by atoms with van der Waals surface area (Å²) < 4.78 is 41.8. The fourth-order valence-electron chi connectivity index (χ4n) is 8.61. The second-order valence-electron chi connectivity index (χ2n) is 14.9. The third-order valence-corrected chi connectivity index (χ3v) is 14.1. The minimum absolute atomic E-state index is 0.00308. The van der Waals surface area contributed by atoms with Crippen molar-refractivity contribution in [3.63, 3.8) is 0 Å². The Bertz CT molecular complexity index is 1780. The summed E-state index contributed by atoms with van der Waals surface area (Å²) in [5.41, 5.74) is 1.36. The molecule has 2 N–H and O–H groups in total. The molecule has 49 heavy (non-hydrogen) atoms. The van der Waals surface area contributed by atoms with E-state index in [4.69, 9.17) is 21.1 Å². The van der Waals surface area contributed by atoms with E-state index in [2.05, 4.69) is 15.7 Å². The number of aryl methyl sites for hydroxylation is 1. The summed E-state index contributed by atoms with van der Waals surface area (Å²) in [6, 6.07) is 11.2. The minimum atomic E-state index is -4.05. The summed E-state index contributed by atoms with van der Waals surface area (Å²) in [5.74, 6) is -1.02. The fraction of sp³-hybridized carbons (Fsp3) is 0.568. The van der Waals surface area contributed by atoms with Crippen LogP contribution in [0.4, 0.5) is 5.69 Å². The topological polar surface area (TPSA) is 125 Å². The van der Waals surface area contributed by atoms with Gasteiger partial charge in [0.25, 0.3) is 11.8 Å². The van der Waals surface area contributed by atoms with Crippen molar-refractivity contribution in [1.29, 1.82) is 0 Å². The van der Waals surface area contributed by atoms with Gasteiger partial charge in [-0.2, -0.15) is 0 Å². The van der Waals surface area contributed by atoms with Crippen LogP contribution in [0.15, 0.2) is 48.6 Å². The number of morpholine rings is 1. The molecule has 0 unspecified atom stereocenters. The molecule has 2 amide bonds. The molecule has 10 nitrogen and oxygen atoms in total. The maximum Gasteiger partial charge on any atom is 0.264 e. The predicted molar refractivity (Wildman–Crippen MR) is 188 cm³/mol. The molecule has 2 aliphatic carbocycles. The number of rotatable bonds is 1. The number of allylic oxidation sites excluding steroid dienone is 1. The number of likely N-dealkylation sites (N-methyl/N-ethyl adjacent to an activating group) is 1. The van der Waals surface area contributed by atoms with Gasteiger partial charge in [0.05, 0.1) is 24.2 Å². The smallest absolute Gasteiger partial charge is 0.264 e. The number of ether oxygens (including phenoxy) is 2. The van der Waals surface area contributed by atoms with Crippen LogP contribution in [0.2, 0.25) is 5.02 Å². The monoisotopic (exact) mass is 711 g/mol. The third kappa shape index (κ3) is 6.15. The summed E-state index contributed by atoms with van der Waals surface area (Å²) in [7, 11) is -2.32. The molecule has 7 atom stereocenters. The summed E-state index contributed by atoms with van der Waals surface area (Å²) in [4.78, 5) is 30.9. The van der Waals surface area contributed by atoms with Crippen molar-refractivity contribution in [2.45, 2.75) is 74.7 Å². The Morgan fingerprint density at radius 2 is 1.92 bits per heavy atom. The normalized spacial score (nSPS) is 35.2. The van der Waals surface area contributed by atoms with Crippen molar-refractivity contribution >= 4 is 39.1 Å². The highest BCUT2D eigenvalue weighted by Gasteiger charge is 2.55. The Balaban J connectivity index is 1.34. The number of carbonyl (C=O) groups is 2. The molecule has 2 fully saturated rings. The molecule has 0 radical (unpaired) electrons. The van der Waals surface area contributed by atoms with Crippen molar-refractivity contribution in [1.82, 2.24) is 9.62 Å². The number of sulfonamides is 1. The highest BCUT2D eigenvalue weighted by atomic mass is 35.5. The average Bonchev–Trinajstić information content (AvgIpc) is 3.20. The first-order valence-electron chi connectivity index (χ1n) is 17.4. The number of carbonyl (C=O) groups excluding carboxylic acids is 2. The summed E-state index contributed by atoms with van der Waals surface area (Å²) in [6.07, 6.45) is 7.05. The SMILES string of the molecule is C[C@@H]1[C@@H](C)C/C=C\[C@@](O)([C@H]2OCCN(C)C2=O)[C@@H]2CC[C@H]2CN2C[C@@]3(CCCc4cc(Cl)ccc43)COc3ccc(cc32)C(=O)NS1(=O)=O. The molecular weight excluding hydrogens is 666 g/mol. The number of nitrogens with zero attached hydrogens (tertiary/aromatic N) is 2. The lowest BCUT2D eigenvalue weighted by atomic mass is 9.62. The van der Waals surface area contributed by atoms with Crippen molar-refractivity contribution in [3.8, 4) is 5.75 Å². The zero-order valence-corrected chi connectivity index (χ0v) is 29.9. The number of hydrogen-bond acceptors (Lipinski definition) is 8.